The highest BCUT2D eigenvalue weighted by Crippen LogP contribution is 2.32. The molecule has 2 N–H and O–H groups in total. The van der Waals surface area contributed by atoms with E-state index in [9.17, 15) is 9.59 Å². The SMILES string of the molecule is COc1cc(N)c(Cl)cc1C(=O)OCC(=O)c1cc(C)n(C[C@@H]2COc3ccccc3O2)c1C. The fraction of sp³-hybridized carbons (Fsp3) is 0.280. The molecule has 1 aromatic heterocycles. The van der Waals surface area contributed by atoms with Crippen LogP contribution in [0.1, 0.15) is 32.1 Å². The predicted octanol–water partition coefficient (Wildman–Crippen LogP) is 4.23. The number of nitrogen functional groups attached to an aromatic ring is 1. The summed E-state index contributed by atoms with van der Waals surface area (Å²) in [5.74, 6) is 0.583. The van der Waals surface area contributed by atoms with Gasteiger partial charge in [0.05, 0.1) is 24.4 Å². The maximum absolute atomic E-state index is 12.9. The molecular weight excluding hydrogens is 460 g/mol. The minimum atomic E-state index is -0.729. The Bertz CT molecular complexity index is 1250. The second-order valence-electron chi connectivity index (χ2n) is 7.97. The number of anilines is 1. The average Bonchev–Trinajstić information content (AvgIpc) is 3.12. The van der Waals surface area contributed by atoms with Crippen LogP contribution in [-0.2, 0) is 11.3 Å². The number of nitrogens with zero attached hydrogens (tertiary/aromatic N) is 1. The summed E-state index contributed by atoms with van der Waals surface area (Å²) < 4.78 is 24.3. The number of Topliss-reactive ketones (excluding diaryl/α,β-unsaturated/α-hetero) is 1. The van der Waals surface area contributed by atoms with Crippen LogP contribution < -0.4 is 19.9 Å². The molecule has 0 saturated heterocycles. The molecule has 0 bridgehead atoms. The Morgan fingerprint density at radius 2 is 1.88 bits per heavy atom. The summed E-state index contributed by atoms with van der Waals surface area (Å²) in [6, 6.07) is 12.1. The van der Waals surface area contributed by atoms with Crippen molar-refractivity contribution in [3.8, 4) is 17.2 Å². The van der Waals surface area contributed by atoms with Crippen molar-refractivity contribution in [2.45, 2.75) is 26.5 Å². The van der Waals surface area contributed by atoms with E-state index in [1.54, 1.807) is 6.07 Å². The Morgan fingerprint density at radius 1 is 1.15 bits per heavy atom. The fourth-order valence-electron chi connectivity index (χ4n) is 3.91. The number of aryl methyl sites for hydroxylation is 1. The van der Waals surface area contributed by atoms with E-state index in [0.29, 0.717) is 24.5 Å². The summed E-state index contributed by atoms with van der Waals surface area (Å²) in [4.78, 5) is 25.4. The zero-order chi connectivity index (χ0) is 24.4. The summed E-state index contributed by atoms with van der Waals surface area (Å²) >= 11 is 6.02. The monoisotopic (exact) mass is 484 g/mol. The molecule has 0 fully saturated rings. The molecule has 2 aromatic carbocycles. The number of para-hydroxylation sites is 2. The van der Waals surface area contributed by atoms with Crippen molar-refractivity contribution >= 4 is 29.0 Å². The van der Waals surface area contributed by atoms with E-state index in [1.807, 2.05) is 42.7 Å². The minimum absolute atomic E-state index is 0.0923. The third kappa shape index (κ3) is 4.68. The first-order chi connectivity index (χ1) is 16.3. The number of methoxy groups -OCH3 is 1. The lowest BCUT2D eigenvalue weighted by Crippen LogP contribution is -2.33. The number of ketones is 1. The number of fused-ring (bicyclic) bond motifs is 1. The van der Waals surface area contributed by atoms with Crippen LogP contribution in [0.5, 0.6) is 17.2 Å². The summed E-state index contributed by atoms with van der Waals surface area (Å²) in [6.45, 7) is 4.25. The molecule has 0 unspecified atom stereocenters. The number of hydrogen-bond acceptors (Lipinski definition) is 7. The van der Waals surface area contributed by atoms with E-state index >= 15 is 0 Å². The van der Waals surface area contributed by atoms with Crippen LogP contribution >= 0.6 is 11.6 Å². The molecule has 0 aliphatic carbocycles. The van der Waals surface area contributed by atoms with Crippen LogP contribution in [0, 0.1) is 13.8 Å². The lowest BCUT2D eigenvalue weighted by molar-refractivity contribution is 0.0471. The van der Waals surface area contributed by atoms with Gasteiger partial charge in [-0.05, 0) is 38.1 Å². The number of halogens is 1. The molecule has 3 aromatic rings. The summed E-state index contributed by atoms with van der Waals surface area (Å²) in [6.07, 6.45) is -0.205. The van der Waals surface area contributed by atoms with Gasteiger partial charge in [0, 0.05) is 23.0 Å². The normalized spacial score (nSPS) is 14.5. The summed E-state index contributed by atoms with van der Waals surface area (Å²) in [5, 5.41) is 0.194. The van der Waals surface area contributed by atoms with Gasteiger partial charge < -0.3 is 29.2 Å². The molecule has 2 heterocycles. The lowest BCUT2D eigenvalue weighted by atomic mass is 10.1. The maximum atomic E-state index is 12.9. The first-order valence-electron chi connectivity index (χ1n) is 10.7. The van der Waals surface area contributed by atoms with Gasteiger partial charge in [-0.1, -0.05) is 23.7 Å². The number of benzene rings is 2. The van der Waals surface area contributed by atoms with E-state index in [1.165, 1.54) is 19.2 Å². The average molecular weight is 485 g/mol. The summed E-state index contributed by atoms with van der Waals surface area (Å²) in [7, 11) is 1.40. The van der Waals surface area contributed by atoms with Crippen LogP contribution in [0.15, 0.2) is 42.5 Å². The zero-order valence-corrected chi connectivity index (χ0v) is 19.8. The molecule has 34 heavy (non-hydrogen) atoms. The van der Waals surface area contributed by atoms with E-state index in [-0.39, 0.29) is 33.9 Å². The van der Waals surface area contributed by atoms with Gasteiger partial charge in [-0.25, -0.2) is 4.79 Å². The van der Waals surface area contributed by atoms with Crippen LogP contribution in [0.2, 0.25) is 5.02 Å². The quantitative estimate of drug-likeness (QED) is 0.304. The van der Waals surface area contributed by atoms with E-state index in [2.05, 4.69) is 0 Å². The van der Waals surface area contributed by atoms with Crippen molar-refractivity contribution < 1.29 is 28.5 Å². The summed E-state index contributed by atoms with van der Waals surface area (Å²) in [5.41, 5.74) is 8.24. The lowest BCUT2D eigenvalue weighted by Gasteiger charge is -2.27. The third-order valence-electron chi connectivity index (χ3n) is 5.70. The Labute approximate surface area is 202 Å². The van der Waals surface area contributed by atoms with Crippen molar-refractivity contribution in [1.82, 2.24) is 4.57 Å². The highest BCUT2D eigenvalue weighted by Gasteiger charge is 2.25. The van der Waals surface area contributed by atoms with E-state index in [4.69, 9.17) is 36.3 Å². The second kappa shape index (κ2) is 9.69. The Balaban J connectivity index is 1.43. The largest absolute Gasteiger partial charge is 0.496 e. The van der Waals surface area contributed by atoms with E-state index in [0.717, 1.165) is 17.1 Å². The standard InChI is InChI=1S/C25H25ClN2O6/c1-14-8-17(15(2)28(14)11-16-12-32-22-6-4-5-7-23(22)34-16)21(29)13-33-25(30)18-9-19(26)20(27)10-24(18)31-3/h4-10,16H,11-13,27H2,1-3H3/t16-/m1/s1. The third-order valence-corrected chi connectivity index (χ3v) is 6.03. The minimum Gasteiger partial charge on any atom is -0.496 e. The smallest absolute Gasteiger partial charge is 0.342 e. The van der Waals surface area contributed by atoms with Crippen molar-refractivity contribution in [3.63, 3.8) is 0 Å². The van der Waals surface area contributed by atoms with Crippen molar-refractivity contribution in [1.29, 1.82) is 0 Å². The highest BCUT2D eigenvalue weighted by molar-refractivity contribution is 6.33. The number of esters is 1. The number of nitrogens with two attached hydrogens (primary N) is 1. The fourth-order valence-corrected chi connectivity index (χ4v) is 4.07. The molecule has 0 amide bonds. The van der Waals surface area contributed by atoms with Gasteiger partial charge in [0.25, 0.3) is 0 Å². The molecule has 8 nitrogen and oxygen atoms in total. The van der Waals surface area contributed by atoms with Crippen molar-refractivity contribution in [2.24, 2.45) is 0 Å². The molecular formula is C25H25ClN2O6. The predicted molar refractivity (Wildman–Crippen MR) is 127 cm³/mol. The Morgan fingerprint density at radius 3 is 2.62 bits per heavy atom. The number of rotatable bonds is 7. The number of hydrogen-bond donors (Lipinski definition) is 1. The zero-order valence-electron chi connectivity index (χ0n) is 19.1. The van der Waals surface area contributed by atoms with Crippen LogP contribution in [0.25, 0.3) is 0 Å². The maximum Gasteiger partial charge on any atom is 0.342 e. The van der Waals surface area contributed by atoms with Gasteiger partial charge in [0.15, 0.2) is 24.2 Å². The number of aromatic nitrogens is 1. The Hall–Kier alpha value is -3.65. The van der Waals surface area contributed by atoms with Gasteiger partial charge in [-0.2, -0.15) is 0 Å². The van der Waals surface area contributed by atoms with Crippen LogP contribution in [0.4, 0.5) is 5.69 Å². The van der Waals surface area contributed by atoms with Gasteiger partial charge in [0.1, 0.15) is 17.9 Å². The van der Waals surface area contributed by atoms with Crippen LogP contribution in [0.3, 0.4) is 0 Å². The van der Waals surface area contributed by atoms with Crippen molar-refractivity contribution in [2.75, 3.05) is 26.1 Å². The van der Waals surface area contributed by atoms with Gasteiger partial charge in [-0.3, -0.25) is 4.79 Å². The second-order valence-corrected chi connectivity index (χ2v) is 8.37. The topological polar surface area (TPSA) is 102 Å². The first-order valence-corrected chi connectivity index (χ1v) is 11.0. The molecule has 4 rings (SSSR count). The first kappa shape index (κ1) is 23.5. The molecule has 1 aliphatic rings. The van der Waals surface area contributed by atoms with Gasteiger partial charge in [0.2, 0.25) is 5.78 Å². The van der Waals surface area contributed by atoms with Crippen molar-refractivity contribution in [3.05, 3.63) is 70.0 Å². The molecule has 0 saturated carbocycles. The number of ether oxygens (including phenoxy) is 4. The molecule has 9 heteroatoms. The molecule has 178 valence electrons. The van der Waals surface area contributed by atoms with E-state index < -0.39 is 12.6 Å². The van der Waals surface area contributed by atoms with Crippen LogP contribution in [-0.4, -0.2) is 42.7 Å². The number of carbonyl (C=O) groups is 2. The Kier molecular flexibility index (Phi) is 6.70. The number of carbonyl (C=O) groups excluding carboxylic acids is 2. The van der Waals surface area contributed by atoms with Gasteiger partial charge in [-0.15, -0.1) is 0 Å². The highest BCUT2D eigenvalue weighted by atomic mass is 35.5. The molecule has 0 radical (unpaired) electrons. The molecule has 0 spiro atoms. The molecule has 1 atom stereocenters. The van der Waals surface area contributed by atoms with Gasteiger partial charge >= 0.3 is 5.97 Å². The molecule has 1 aliphatic heterocycles.